The van der Waals surface area contributed by atoms with Crippen molar-refractivity contribution in [2.75, 3.05) is 5.73 Å². The minimum absolute atomic E-state index is 0.0362. The van der Waals surface area contributed by atoms with Gasteiger partial charge < -0.3 is 10.3 Å². The van der Waals surface area contributed by atoms with Gasteiger partial charge >= 0.3 is 0 Å². The van der Waals surface area contributed by atoms with Gasteiger partial charge in [-0.15, -0.1) is 0 Å². The number of fused-ring (bicyclic) bond motifs is 1. The van der Waals surface area contributed by atoms with Crippen LogP contribution in [-0.4, -0.2) is 9.55 Å². The predicted octanol–water partition coefficient (Wildman–Crippen LogP) is 4.69. The van der Waals surface area contributed by atoms with Crippen LogP contribution in [0.5, 0.6) is 0 Å². The molecular formula is C19H12ClF2N3OS. The summed E-state index contributed by atoms with van der Waals surface area (Å²) in [6, 6.07) is 8.87. The second-order valence-electron chi connectivity index (χ2n) is 5.97. The number of nitrogens with two attached hydrogens (primary N) is 1. The van der Waals surface area contributed by atoms with E-state index in [1.165, 1.54) is 6.20 Å². The molecule has 2 aromatic carbocycles. The number of pyridine rings is 1. The van der Waals surface area contributed by atoms with Crippen LogP contribution in [0.15, 0.2) is 53.6 Å². The van der Waals surface area contributed by atoms with Crippen LogP contribution in [0.1, 0.15) is 5.56 Å². The van der Waals surface area contributed by atoms with E-state index in [1.807, 2.05) is 0 Å². The molecule has 2 N–H and O–H groups in total. The van der Waals surface area contributed by atoms with E-state index < -0.39 is 17.1 Å². The van der Waals surface area contributed by atoms with E-state index in [4.69, 9.17) is 17.3 Å². The van der Waals surface area contributed by atoms with Crippen molar-refractivity contribution in [1.82, 2.24) is 9.55 Å². The van der Waals surface area contributed by atoms with Gasteiger partial charge in [-0.3, -0.25) is 4.79 Å². The largest absolute Gasteiger partial charge is 0.375 e. The van der Waals surface area contributed by atoms with Gasteiger partial charge in [-0.25, -0.2) is 13.8 Å². The fraction of sp³-hybridized carbons (Fsp3) is 0.0526. The van der Waals surface area contributed by atoms with Gasteiger partial charge in [-0.1, -0.05) is 35.1 Å². The first-order chi connectivity index (χ1) is 12.9. The lowest BCUT2D eigenvalue weighted by Gasteiger charge is -2.14. The summed E-state index contributed by atoms with van der Waals surface area (Å²) in [6.45, 7) is 0.276. The zero-order valence-corrected chi connectivity index (χ0v) is 15.3. The van der Waals surface area contributed by atoms with Crippen molar-refractivity contribution in [3.8, 4) is 10.4 Å². The van der Waals surface area contributed by atoms with Crippen molar-refractivity contribution in [2.45, 2.75) is 6.54 Å². The maximum atomic E-state index is 14.5. The number of hydrogen-bond acceptors (Lipinski definition) is 4. The van der Waals surface area contributed by atoms with Crippen LogP contribution in [0.4, 0.5) is 13.9 Å². The molecule has 27 heavy (non-hydrogen) atoms. The molecule has 0 spiro atoms. The number of aromatic nitrogens is 2. The Bertz CT molecular complexity index is 1220. The normalized spacial score (nSPS) is 11.2. The second kappa shape index (κ2) is 6.75. The molecule has 2 heterocycles. The summed E-state index contributed by atoms with van der Waals surface area (Å²) in [6.07, 6.45) is 3.03. The summed E-state index contributed by atoms with van der Waals surface area (Å²) in [5.41, 5.74) is 6.37. The molecule has 0 saturated heterocycles. The predicted molar refractivity (Wildman–Crippen MR) is 104 cm³/mol. The summed E-state index contributed by atoms with van der Waals surface area (Å²) >= 11 is 7.05. The van der Waals surface area contributed by atoms with Crippen LogP contribution in [-0.2, 0) is 6.54 Å². The van der Waals surface area contributed by atoms with Crippen LogP contribution >= 0.6 is 22.9 Å². The highest BCUT2D eigenvalue weighted by Crippen LogP contribution is 2.28. The standard InChI is InChI=1S/C19H12ClF2N3OS/c20-11-3-1-10(2-4-11)8-25-9-14(16-7-24-19(23)27-16)18(26)13-5-12(21)6-15(22)17(13)25/h1-7,9H,8H2,(H2,23,24). The maximum absolute atomic E-state index is 14.5. The van der Waals surface area contributed by atoms with Crippen molar-refractivity contribution in [3.63, 3.8) is 0 Å². The van der Waals surface area contributed by atoms with Crippen molar-refractivity contribution >= 4 is 39.0 Å². The Morgan fingerprint density at radius 3 is 2.59 bits per heavy atom. The van der Waals surface area contributed by atoms with Crippen molar-refractivity contribution in [1.29, 1.82) is 0 Å². The van der Waals surface area contributed by atoms with Gasteiger partial charge in [-0.2, -0.15) is 0 Å². The lowest BCUT2D eigenvalue weighted by atomic mass is 10.1. The molecule has 0 bridgehead atoms. The Labute approximate surface area is 161 Å². The molecule has 4 rings (SSSR count). The lowest BCUT2D eigenvalue weighted by molar-refractivity contribution is 0.585. The van der Waals surface area contributed by atoms with E-state index in [9.17, 15) is 13.6 Å². The van der Waals surface area contributed by atoms with Crippen LogP contribution in [0, 0.1) is 11.6 Å². The number of benzene rings is 2. The second-order valence-corrected chi connectivity index (χ2v) is 7.47. The molecule has 0 atom stereocenters. The quantitative estimate of drug-likeness (QED) is 0.540. The van der Waals surface area contributed by atoms with Crippen molar-refractivity contribution in [2.24, 2.45) is 0 Å². The van der Waals surface area contributed by atoms with Gasteiger partial charge in [0.15, 0.2) is 16.4 Å². The molecule has 4 aromatic rings. The molecule has 136 valence electrons. The first-order valence-electron chi connectivity index (χ1n) is 7.90. The molecule has 0 aliphatic carbocycles. The molecular weight excluding hydrogens is 392 g/mol. The Hall–Kier alpha value is -2.77. The summed E-state index contributed by atoms with van der Waals surface area (Å²) in [5.74, 6) is -1.61. The highest BCUT2D eigenvalue weighted by atomic mass is 35.5. The van der Waals surface area contributed by atoms with Crippen molar-refractivity contribution < 1.29 is 8.78 Å². The number of nitrogens with zero attached hydrogens (tertiary/aromatic N) is 2. The monoisotopic (exact) mass is 403 g/mol. The van der Waals surface area contributed by atoms with Crippen LogP contribution < -0.4 is 11.2 Å². The average Bonchev–Trinajstić information content (AvgIpc) is 3.05. The van der Waals surface area contributed by atoms with Crippen LogP contribution in [0.25, 0.3) is 21.3 Å². The third-order valence-corrected chi connectivity index (χ3v) is 5.26. The van der Waals surface area contributed by atoms with Gasteiger partial charge in [0.2, 0.25) is 0 Å². The number of halogens is 3. The number of nitrogen functional groups attached to an aromatic ring is 1. The van der Waals surface area contributed by atoms with Crippen molar-refractivity contribution in [3.05, 3.63) is 81.2 Å². The summed E-state index contributed by atoms with van der Waals surface area (Å²) in [4.78, 5) is 17.4. The third-order valence-electron chi connectivity index (χ3n) is 4.14. The molecule has 4 nitrogen and oxygen atoms in total. The highest BCUT2D eigenvalue weighted by Gasteiger charge is 2.17. The molecule has 0 saturated carbocycles. The summed E-state index contributed by atoms with van der Waals surface area (Å²) in [7, 11) is 0. The third kappa shape index (κ3) is 3.31. The van der Waals surface area contributed by atoms with E-state index in [0.717, 1.165) is 29.0 Å². The molecule has 0 radical (unpaired) electrons. The van der Waals surface area contributed by atoms with E-state index in [-0.39, 0.29) is 23.0 Å². The number of thiazole rings is 1. The Morgan fingerprint density at radius 2 is 1.93 bits per heavy atom. The Kier molecular flexibility index (Phi) is 4.41. The molecule has 0 aliphatic heterocycles. The minimum Gasteiger partial charge on any atom is -0.375 e. The van der Waals surface area contributed by atoms with Gasteiger partial charge in [0, 0.05) is 30.0 Å². The number of rotatable bonds is 3. The van der Waals surface area contributed by atoms with E-state index in [2.05, 4.69) is 4.98 Å². The SMILES string of the molecule is Nc1ncc(-c2cn(Cc3ccc(Cl)cc3)c3c(F)cc(F)cc3c2=O)s1. The zero-order valence-electron chi connectivity index (χ0n) is 13.7. The van der Waals surface area contributed by atoms with E-state index in [1.54, 1.807) is 35.0 Å². The summed E-state index contributed by atoms with van der Waals surface area (Å²) in [5, 5.41) is 0.850. The molecule has 0 aliphatic rings. The van der Waals surface area contributed by atoms with Crippen LogP contribution in [0.2, 0.25) is 5.02 Å². The fourth-order valence-corrected chi connectivity index (χ4v) is 3.77. The van der Waals surface area contributed by atoms with Gasteiger partial charge in [0.05, 0.1) is 21.3 Å². The Morgan fingerprint density at radius 1 is 1.19 bits per heavy atom. The minimum atomic E-state index is -0.809. The molecule has 2 aromatic heterocycles. The number of hydrogen-bond donors (Lipinski definition) is 1. The van der Waals surface area contributed by atoms with Gasteiger partial charge in [0.25, 0.3) is 0 Å². The fourth-order valence-electron chi connectivity index (χ4n) is 2.95. The van der Waals surface area contributed by atoms with E-state index in [0.29, 0.717) is 15.0 Å². The topological polar surface area (TPSA) is 60.9 Å². The molecule has 0 unspecified atom stereocenters. The highest BCUT2D eigenvalue weighted by molar-refractivity contribution is 7.18. The summed E-state index contributed by atoms with van der Waals surface area (Å²) < 4.78 is 29.9. The number of anilines is 1. The maximum Gasteiger partial charge on any atom is 0.198 e. The molecule has 8 heteroatoms. The molecule has 0 fully saturated rings. The lowest BCUT2D eigenvalue weighted by Crippen LogP contribution is -2.14. The van der Waals surface area contributed by atoms with Gasteiger partial charge in [0.1, 0.15) is 5.82 Å². The first kappa shape index (κ1) is 17.6. The molecule has 0 amide bonds. The average molecular weight is 404 g/mol. The first-order valence-corrected chi connectivity index (χ1v) is 9.10. The Balaban J connectivity index is 1.99. The van der Waals surface area contributed by atoms with E-state index >= 15 is 0 Å². The zero-order chi connectivity index (χ0) is 19.1. The van der Waals surface area contributed by atoms with Crippen LogP contribution in [0.3, 0.4) is 0 Å². The smallest absolute Gasteiger partial charge is 0.198 e. The van der Waals surface area contributed by atoms with Gasteiger partial charge in [-0.05, 0) is 23.8 Å².